The van der Waals surface area contributed by atoms with Gasteiger partial charge in [0.1, 0.15) is 11.9 Å². The molecule has 7 nitrogen and oxygen atoms in total. The Morgan fingerprint density at radius 3 is 2.30 bits per heavy atom. The number of hydrogen-bond donors (Lipinski definition) is 1. The van der Waals surface area contributed by atoms with Gasteiger partial charge in [-0.2, -0.15) is 4.31 Å². The summed E-state index contributed by atoms with van der Waals surface area (Å²) in [4.78, 5) is 26.6. The lowest BCUT2D eigenvalue weighted by molar-refractivity contribution is -0.140. The summed E-state index contributed by atoms with van der Waals surface area (Å²) in [7, 11) is -1.25. The lowest BCUT2D eigenvalue weighted by Crippen LogP contribution is -2.50. The van der Waals surface area contributed by atoms with Crippen LogP contribution in [-0.4, -0.2) is 56.1 Å². The summed E-state index contributed by atoms with van der Waals surface area (Å²) in [6.07, 6.45) is 0. The fourth-order valence-electron chi connectivity index (χ4n) is 3.48. The number of fused-ring (bicyclic) bond motifs is 1. The Kier molecular flexibility index (Phi) is 7.45. The van der Waals surface area contributed by atoms with Crippen LogP contribution < -0.4 is 5.32 Å². The molecule has 2 amide bonds. The summed E-state index contributed by atoms with van der Waals surface area (Å²) in [6.45, 7) is 0.824. The van der Waals surface area contributed by atoms with Crippen molar-refractivity contribution in [3.63, 3.8) is 0 Å². The predicted molar refractivity (Wildman–Crippen MR) is 124 cm³/mol. The van der Waals surface area contributed by atoms with Crippen LogP contribution in [0, 0.1) is 5.82 Å². The van der Waals surface area contributed by atoms with E-state index in [9.17, 15) is 22.4 Å². The van der Waals surface area contributed by atoms with Crippen LogP contribution in [0.15, 0.2) is 71.6 Å². The molecule has 1 unspecified atom stereocenters. The lowest BCUT2D eigenvalue weighted by Gasteiger charge is -2.30. The standard InChI is InChI=1S/C24H26FN3O4S/c1-17(24(30)26-2)28(15-20-10-6-7-11-22(20)25)23(29)16-27(3)33(31,32)21-13-12-18-8-4-5-9-19(18)14-21/h4-14,17H,15-16H2,1-3H3,(H,26,30). The third-order valence-electron chi connectivity index (χ3n) is 5.50. The zero-order valence-corrected chi connectivity index (χ0v) is 19.5. The van der Waals surface area contributed by atoms with Crippen molar-refractivity contribution in [3.05, 3.63) is 78.1 Å². The van der Waals surface area contributed by atoms with Gasteiger partial charge in [0.2, 0.25) is 21.8 Å². The number of halogens is 1. The Labute approximate surface area is 192 Å². The summed E-state index contributed by atoms with van der Waals surface area (Å²) >= 11 is 0. The van der Waals surface area contributed by atoms with Crippen LogP contribution in [0.3, 0.4) is 0 Å². The number of benzene rings is 3. The molecule has 0 spiro atoms. The van der Waals surface area contributed by atoms with Crippen LogP contribution in [-0.2, 0) is 26.2 Å². The molecule has 174 valence electrons. The monoisotopic (exact) mass is 471 g/mol. The zero-order valence-electron chi connectivity index (χ0n) is 18.7. The van der Waals surface area contributed by atoms with Crippen LogP contribution in [0.2, 0.25) is 0 Å². The molecule has 3 rings (SSSR count). The van der Waals surface area contributed by atoms with E-state index in [-0.39, 0.29) is 17.0 Å². The maximum absolute atomic E-state index is 14.2. The number of carbonyl (C=O) groups is 2. The van der Waals surface area contributed by atoms with Crippen molar-refractivity contribution in [2.75, 3.05) is 20.6 Å². The van der Waals surface area contributed by atoms with E-state index in [2.05, 4.69) is 5.32 Å². The Hall–Kier alpha value is -3.30. The first kappa shape index (κ1) is 24.3. The highest BCUT2D eigenvalue weighted by Gasteiger charge is 2.30. The summed E-state index contributed by atoms with van der Waals surface area (Å²) < 4.78 is 41.4. The van der Waals surface area contributed by atoms with E-state index in [4.69, 9.17) is 0 Å². The largest absolute Gasteiger partial charge is 0.357 e. The molecule has 9 heteroatoms. The van der Waals surface area contributed by atoms with E-state index >= 15 is 0 Å². The van der Waals surface area contributed by atoms with Crippen molar-refractivity contribution in [2.45, 2.75) is 24.4 Å². The van der Waals surface area contributed by atoms with Crippen molar-refractivity contribution < 1.29 is 22.4 Å². The summed E-state index contributed by atoms with van der Waals surface area (Å²) in [5, 5.41) is 4.12. The molecule has 0 radical (unpaired) electrons. The maximum Gasteiger partial charge on any atom is 0.243 e. The number of sulfonamides is 1. The highest BCUT2D eigenvalue weighted by Crippen LogP contribution is 2.22. The summed E-state index contributed by atoms with van der Waals surface area (Å²) in [5.41, 5.74) is 0.224. The molecular formula is C24H26FN3O4S. The normalized spacial score (nSPS) is 12.5. The Morgan fingerprint density at radius 1 is 1.00 bits per heavy atom. The molecule has 1 atom stereocenters. The Balaban J connectivity index is 1.86. The first-order valence-corrected chi connectivity index (χ1v) is 11.8. The minimum Gasteiger partial charge on any atom is -0.357 e. The van der Waals surface area contributed by atoms with Crippen molar-refractivity contribution >= 4 is 32.6 Å². The molecule has 0 fully saturated rings. The number of carbonyl (C=O) groups excluding carboxylic acids is 2. The molecule has 0 bridgehead atoms. The van der Waals surface area contributed by atoms with E-state index < -0.39 is 40.2 Å². The number of amides is 2. The zero-order chi connectivity index (χ0) is 24.2. The van der Waals surface area contributed by atoms with E-state index in [1.807, 2.05) is 18.2 Å². The second-order valence-electron chi connectivity index (χ2n) is 7.67. The summed E-state index contributed by atoms with van der Waals surface area (Å²) in [5.74, 6) is -1.59. The third-order valence-corrected chi connectivity index (χ3v) is 7.30. The van der Waals surface area contributed by atoms with Gasteiger partial charge in [-0.1, -0.05) is 48.5 Å². The fourth-order valence-corrected chi connectivity index (χ4v) is 4.63. The Morgan fingerprint density at radius 2 is 1.64 bits per heavy atom. The topological polar surface area (TPSA) is 86.8 Å². The molecule has 33 heavy (non-hydrogen) atoms. The molecule has 0 aliphatic rings. The van der Waals surface area contributed by atoms with Crippen LogP contribution >= 0.6 is 0 Å². The van der Waals surface area contributed by atoms with Gasteiger partial charge in [0.15, 0.2) is 0 Å². The van der Waals surface area contributed by atoms with Crippen LogP contribution in [0.1, 0.15) is 12.5 Å². The smallest absolute Gasteiger partial charge is 0.243 e. The first-order chi connectivity index (χ1) is 15.6. The third kappa shape index (κ3) is 5.37. The minimum atomic E-state index is -3.98. The van der Waals surface area contributed by atoms with E-state index in [1.54, 1.807) is 24.3 Å². The average molecular weight is 472 g/mol. The van der Waals surface area contributed by atoms with Crippen molar-refractivity contribution in [2.24, 2.45) is 0 Å². The number of rotatable bonds is 8. The van der Waals surface area contributed by atoms with Crippen LogP contribution in [0.25, 0.3) is 10.8 Å². The lowest BCUT2D eigenvalue weighted by atomic mass is 10.1. The van der Waals surface area contributed by atoms with Crippen LogP contribution in [0.4, 0.5) is 4.39 Å². The minimum absolute atomic E-state index is 0.0523. The quantitative estimate of drug-likeness (QED) is 0.547. The van der Waals surface area contributed by atoms with Gasteiger partial charge in [-0.3, -0.25) is 9.59 Å². The van der Waals surface area contributed by atoms with Gasteiger partial charge in [0.25, 0.3) is 0 Å². The van der Waals surface area contributed by atoms with E-state index in [1.165, 1.54) is 50.2 Å². The number of nitrogens with one attached hydrogen (secondary N) is 1. The van der Waals surface area contributed by atoms with E-state index in [0.29, 0.717) is 0 Å². The predicted octanol–water partition coefficient (Wildman–Crippen LogP) is 2.76. The molecule has 0 saturated heterocycles. The van der Waals surface area contributed by atoms with Crippen molar-refractivity contribution in [1.29, 1.82) is 0 Å². The number of hydrogen-bond acceptors (Lipinski definition) is 4. The molecule has 0 aliphatic heterocycles. The molecule has 3 aromatic carbocycles. The molecule has 0 heterocycles. The van der Waals surface area contributed by atoms with Gasteiger partial charge < -0.3 is 10.2 Å². The van der Waals surface area contributed by atoms with E-state index in [0.717, 1.165) is 15.1 Å². The van der Waals surface area contributed by atoms with Gasteiger partial charge in [-0.15, -0.1) is 0 Å². The maximum atomic E-state index is 14.2. The van der Waals surface area contributed by atoms with Crippen LogP contribution in [0.5, 0.6) is 0 Å². The van der Waals surface area contributed by atoms with Gasteiger partial charge in [0.05, 0.1) is 11.4 Å². The molecule has 1 N–H and O–H groups in total. The molecule has 0 aliphatic carbocycles. The highest BCUT2D eigenvalue weighted by molar-refractivity contribution is 7.89. The SMILES string of the molecule is CNC(=O)C(C)N(Cc1ccccc1F)C(=O)CN(C)S(=O)(=O)c1ccc2ccccc2c1. The number of likely N-dealkylation sites (N-methyl/N-ethyl adjacent to an activating group) is 2. The van der Waals surface area contributed by atoms with Gasteiger partial charge >= 0.3 is 0 Å². The highest BCUT2D eigenvalue weighted by atomic mass is 32.2. The second kappa shape index (κ2) is 10.1. The molecule has 3 aromatic rings. The van der Waals surface area contributed by atoms with Crippen molar-refractivity contribution in [3.8, 4) is 0 Å². The first-order valence-electron chi connectivity index (χ1n) is 10.3. The summed E-state index contributed by atoms with van der Waals surface area (Å²) in [6, 6.07) is 17.1. The molecule has 0 aromatic heterocycles. The molecular weight excluding hydrogens is 445 g/mol. The second-order valence-corrected chi connectivity index (χ2v) is 9.72. The van der Waals surface area contributed by atoms with Crippen molar-refractivity contribution in [1.82, 2.24) is 14.5 Å². The average Bonchev–Trinajstić information content (AvgIpc) is 2.82. The van der Waals surface area contributed by atoms with Gasteiger partial charge in [-0.05, 0) is 35.9 Å². The fraction of sp³-hybridized carbons (Fsp3) is 0.250. The molecule has 0 saturated carbocycles. The number of nitrogens with zero attached hydrogens (tertiary/aromatic N) is 2. The Bertz CT molecular complexity index is 1280. The van der Waals surface area contributed by atoms with Gasteiger partial charge in [0, 0.05) is 26.2 Å². The van der Waals surface area contributed by atoms with Gasteiger partial charge in [-0.25, -0.2) is 12.8 Å².